The molecule has 0 spiro atoms. The number of hydrogen-bond donors (Lipinski definition) is 5. The summed E-state index contributed by atoms with van der Waals surface area (Å²) in [5, 5.41) is 25.4. The molecule has 0 radical (unpaired) electrons. The van der Waals surface area contributed by atoms with Crippen molar-refractivity contribution < 1.29 is 39.0 Å². The summed E-state index contributed by atoms with van der Waals surface area (Å²) < 4.78 is 13.6. The number of rotatable bonds is 5. The molecule has 0 aromatic rings. The normalized spacial score (nSPS) is 16.7. The van der Waals surface area contributed by atoms with Crippen molar-refractivity contribution in [2.24, 2.45) is 0 Å². The highest BCUT2D eigenvalue weighted by atomic mass is 31.2. The van der Waals surface area contributed by atoms with Crippen molar-refractivity contribution in [1.29, 1.82) is 0 Å². The number of hydrogen-bond acceptors (Lipinski definition) is 6. The molecular formula is C4H9O8P. The Hall–Kier alpha value is -0.340. The van der Waals surface area contributed by atoms with Gasteiger partial charge in [0.25, 0.3) is 0 Å². The second-order valence-corrected chi connectivity index (χ2v) is 3.24. The van der Waals surface area contributed by atoms with Crippen LogP contribution in [-0.4, -0.2) is 49.9 Å². The number of aliphatic hydroxyl groups excluding tert-OH is 3. The van der Waals surface area contributed by atoms with Crippen LogP contribution in [0.15, 0.2) is 0 Å². The fraction of sp³-hybridized carbons (Fsp3) is 0.750. The molecule has 5 N–H and O–H groups in total. The average molecular weight is 216 g/mol. The van der Waals surface area contributed by atoms with E-state index in [9.17, 15) is 9.36 Å². The van der Waals surface area contributed by atoms with Gasteiger partial charge in [0, 0.05) is 0 Å². The van der Waals surface area contributed by atoms with Crippen molar-refractivity contribution in [2.45, 2.75) is 12.4 Å². The summed E-state index contributed by atoms with van der Waals surface area (Å²) in [7, 11) is -4.99. The van der Waals surface area contributed by atoms with Crippen molar-refractivity contribution >= 4 is 13.6 Å². The topological polar surface area (TPSA) is 145 Å². The minimum atomic E-state index is -4.99. The number of carbonyl (C=O) groups is 1. The van der Waals surface area contributed by atoms with Gasteiger partial charge in [-0.2, -0.15) is 0 Å². The number of carbonyl (C=O) groups excluding carboxylic acids is 1. The Morgan fingerprint density at radius 1 is 1.38 bits per heavy atom. The van der Waals surface area contributed by atoms with E-state index in [0.29, 0.717) is 0 Å². The van der Waals surface area contributed by atoms with Crippen LogP contribution in [0.4, 0.5) is 0 Å². The second-order valence-electron chi connectivity index (χ2n) is 2.05. The molecule has 0 heterocycles. The lowest BCUT2D eigenvalue weighted by molar-refractivity contribution is -0.153. The molecule has 0 amide bonds. The minimum absolute atomic E-state index is 0.972. The molecule has 1 unspecified atom stereocenters. The molecule has 0 aromatic heterocycles. The molecule has 0 fully saturated rings. The molecule has 78 valence electrons. The van der Waals surface area contributed by atoms with Gasteiger partial charge in [-0.05, 0) is 0 Å². The van der Waals surface area contributed by atoms with Crippen molar-refractivity contribution in [3.8, 4) is 0 Å². The van der Waals surface area contributed by atoms with Gasteiger partial charge in [0.15, 0.2) is 0 Å². The van der Waals surface area contributed by atoms with E-state index in [2.05, 4.69) is 4.52 Å². The lowest BCUT2D eigenvalue weighted by atomic mass is 10.2. The average Bonchev–Trinajstić information content (AvgIpc) is 1.98. The Morgan fingerprint density at radius 2 is 1.85 bits per heavy atom. The molecular weight excluding hydrogens is 207 g/mol. The molecule has 2 atom stereocenters. The van der Waals surface area contributed by atoms with E-state index in [1.54, 1.807) is 0 Å². The van der Waals surface area contributed by atoms with Crippen molar-refractivity contribution in [3.05, 3.63) is 0 Å². The fourth-order valence-electron chi connectivity index (χ4n) is 0.437. The first kappa shape index (κ1) is 12.7. The maximum Gasteiger partial charge on any atom is 0.472 e. The van der Waals surface area contributed by atoms with Crippen LogP contribution in [-0.2, 0) is 13.9 Å². The van der Waals surface area contributed by atoms with E-state index in [0.717, 1.165) is 0 Å². The van der Waals surface area contributed by atoms with Gasteiger partial charge in [-0.25, -0.2) is 9.09 Å². The van der Waals surface area contributed by atoms with Crippen LogP contribution in [0.1, 0.15) is 0 Å². The molecule has 0 saturated carbocycles. The Balaban J connectivity index is 4.20. The van der Waals surface area contributed by atoms with Gasteiger partial charge in [-0.1, -0.05) is 0 Å². The molecule has 0 aliphatic heterocycles. The molecule has 9 heteroatoms. The quantitative estimate of drug-likeness (QED) is 0.247. The SMILES string of the molecule is O=C(C(O)OP(=O)(O)O)[C@@H](O)CO. The molecule has 0 bridgehead atoms. The van der Waals surface area contributed by atoms with Crippen LogP contribution < -0.4 is 0 Å². The number of aliphatic hydroxyl groups is 3. The maximum absolute atomic E-state index is 10.6. The van der Waals surface area contributed by atoms with E-state index in [1.165, 1.54) is 0 Å². The van der Waals surface area contributed by atoms with Crippen LogP contribution in [0.2, 0.25) is 0 Å². The zero-order chi connectivity index (χ0) is 10.6. The smallest absolute Gasteiger partial charge is 0.393 e. The molecule has 0 saturated heterocycles. The van der Waals surface area contributed by atoms with Gasteiger partial charge in [-0.3, -0.25) is 4.79 Å². The summed E-state index contributed by atoms with van der Waals surface area (Å²) >= 11 is 0. The Bertz CT molecular complexity index is 220. The first-order chi connectivity index (χ1) is 5.78. The van der Waals surface area contributed by atoms with Crippen molar-refractivity contribution in [3.63, 3.8) is 0 Å². The third-order valence-corrected chi connectivity index (χ3v) is 1.46. The third kappa shape index (κ3) is 5.06. The standard InChI is InChI=1S/C4H9O8P/c5-1-2(6)3(7)4(8)12-13(9,10)11/h2,4-6,8H,1H2,(H2,9,10,11)/t2-,4?/m0/s1. The van der Waals surface area contributed by atoms with Crippen LogP contribution in [0, 0.1) is 0 Å². The Kier molecular flexibility index (Phi) is 4.65. The predicted octanol–water partition coefficient (Wildman–Crippen LogP) is -2.66. The highest BCUT2D eigenvalue weighted by molar-refractivity contribution is 7.46. The van der Waals surface area contributed by atoms with E-state index in [4.69, 9.17) is 25.1 Å². The number of Topliss-reactive ketones (excluding diaryl/α,β-unsaturated/α-hetero) is 1. The second kappa shape index (κ2) is 4.77. The van der Waals surface area contributed by atoms with E-state index < -0.39 is 32.6 Å². The predicted molar refractivity (Wildman–Crippen MR) is 37.2 cm³/mol. The van der Waals surface area contributed by atoms with Crippen molar-refractivity contribution in [2.75, 3.05) is 6.61 Å². The molecule has 13 heavy (non-hydrogen) atoms. The van der Waals surface area contributed by atoms with Gasteiger partial charge in [-0.15, -0.1) is 0 Å². The van der Waals surface area contributed by atoms with Gasteiger partial charge in [0.1, 0.15) is 6.10 Å². The first-order valence-electron chi connectivity index (χ1n) is 3.02. The molecule has 0 aliphatic carbocycles. The molecule has 0 rings (SSSR count). The fourth-order valence-corrected chi connectivity index (χ4v) is 0.801. The highest BCUT2D eigenvalue weighted by Crippen LogP contribution is 2.37. The lowest BCUT2D eigenvalue weighted by Gasteiger charge is -2.13. The van der Waals surface area contributed by atoms with E-state index in [-0.39, 0.29) is 0 Å². The monoisotopic (exact) mass is 216 g/mol. The minimum Gasteiger partial charge on any atom is -0.393 e. The summed E-state index contributed by atoms with van der Waals surface area (Å²) in [6, 6.07) is 0. The van der Waals surface area contributed by atoms with Crippen LogP contribution in [0.3, 0.4) is 0 Å². The number of phosphoric acid groups is 1. The van der Waals surface area contributed by atoms with Gasteiger partial charge in [0.05, 0.1) is 6.61 Å². The van der Waals surface area contributed by atoms with E-state index in [1.807, 2.05) is 0 Å². The lowest BCUT2D eigenvalue weighted by Crippen LogP contribution is -2.35. The first-order valence-corrected chi connectivity index (χ1v) is 4.55. The number of phosphoric ester groups is 1. The van der Waals surface area contributed by atoms with Gasteiger partial charge < -0.3 is 25.1 Å². The van der Waals surface area contributed by atoms with Crippen LogP contribution >= 0.6 is 7.82 Å². The van der Waals surface area contributed by atoms with Gasteiger partial charge in [0.2, 0.25) is 12.1 Å². The summed E-state index contributed by atoms with van der Waals surface area (Å²) in [6.07, 6.45) is -4.38. The van der Waals surface area contributed by atoms with Crippen LogP contribution in [0.25, 0.3) is 0 Å². The Morgan fingerprint density at radius 3 is 2.15 bits per heavy atom. The molecule has 0 aliphatic rings. The summed E-state index contributed by atoms with van der Waals surface area (Å²) in [5.41, 5.74) is 0. The van der Waals surface area contributed by atoms with Gasteiger partial charge >= 0.3 is 7.82 Å². The molecule has 8 nitrogen and oxygen atoms in total. The maximum atomic E-state index is 10.6. The van der Waals surface area contributed by atoms with E-state index >= 15 is 0 Å². The highest BCUT2D eigenvalue weighted by Gasteiger charge is 2.29. The summed E-state index contributed by atoms with van der Waals surface area (Å²) in [6.45, 7) is -0.972. The van der Waals surface area contributed by atoms with Crippen molar-refractivity contribution in [1.82, 2.24) is 0 Å². The zero-order valence-electron chi connectivity index (χ0n) is 6.27. The van der Waals surface area contributed by atoms with Crippen LogP contribution in [0.5, 0.6) is 0 Å². The largest absolute Gasteiger partial charge is 0.472 e. The third-order valence-electron chi connectivity index (χ3n) is 0.982. The summed E-state index contributed by atoms with van der Waals surface area (Å²) in [4.78, 5) is 26.9. The zero-order valence-corrected chi connectivity index (χ0v) is 7.16. The molecule has 0 aromatic carbocycles. The summed E-state index contributed by atoms with van der Waals surface area (Å²) in [5.74, 6) is -1.43. The number of ketones is 1. The Labute approximate surface area is 72.6 Å².